The molecule has 2 aliphatic heterocycles. The molecule has 1 N–H and O–H groups in total. The number of carbonyl (C=O) groups excluding carboxylic acids is 1. The number of nitro benzene ring substituents is 1. The molecule has 2 aromatic carbocycles. The minimum absolute atomic E-state index is 0.0186. The van der Waals surface area contributed by atoms with Gasteiger partial charge in [-0.05, 0) is 23.8 Å². The average Bonchev–Trinajstić information content (AvgIpc) is 2.66. The summed E-state index contributed by atoms with van der Waals surface area (Å²) in [6, 6.07) is 11.8. The highest BCUT2D eigenvalue weighted by molar-refractivity contribution is 6.13. The molecule has 0 spiro atoms. The van der Waals surface area contributed by atoms with Gasteiger partial charge in [0.05, 0.1) is 21.9 Å². The lowest BCUT2D eigenvalue weighted by Crippen LogP contribution is -2.49. The van der Waals surface area contributed by atoms with Crippen LogP contribution in [0.15, 0.2) is 47.6 Å². The Balaban J connectivity index is 1.80. The largest absolute Gasteiger partial charge is 0.399 e. The number of carbonyl (C=O) groups is 1. The predicted molar refractivity (Wildman–Crippen MR) is 95.3 cm³/mol. The Morgan fingerprint density at radius 1 is 1.23 bits per heavy atom. The number of hydrogen-bond acceptors (Lipinski definition) is 6. The Morgan fingerprint density at radius 2 is 1.96 bits per heavy atom. The molecule has 4 rings (SSSR count). The average molecular weight is 352 g/mol. The maximum absolute atomic E-state index is 12.6. The van der Waals surface area contributed by atoms with E-state index in [-0.39, 0.29) is 17.8 Å². The lowest BCUT2D eigenvalue weighted by molar-refractivity contribution is -0.384. The summed E-state index contributed by atoms with van der Waals surface area (Å²) in [5.74, 6) is -0.180. The van der Waals surface area contributed by atoms with Gasteiger partial charge in [-0.15, -0.1) is 0 Å². The SMILES string of the molecule is CO/N=C1\CCN2c3c(cccc31)C(=O)NC2c1ccc([N+](=O)[O-])cc1. The van der Waals surface area contributed by atoms with E-state index in [1.54, 1.807) is 18.2 Å². The first-order valence-corrected chi connectivity index (χ1v) is 8.15. The second-order valence-electron chi connectivity index (χ2n) is 6.09. The fraction of sp³-hybridized carbons (Fsp3) is 0.222. The molecule has 1 atom stereocenters. The molecule has 8 heteroatoms. The molecule has 0 aliphatic carbocycles. The van der Waals surface area contributed by atoms with Gasteiger partial charge in [0, 0.05) is 30.7 Å². The summed E-state index contributed by atoms with van der Waals surface area (Å²) < 4.78 is 0. The molecule has 0 saturated heterocycles. The summed E-state index contributed by atoms with van der Waals surface area (Å²) in [4.78, 5) is 30.1. The van der Waals surface area contributed by atoms with Gasteiger partial charge in [-0.1, -0.05) is 17.3 Å². The zero-order valence-electron chi connectivity index (χ0n) is 14.0. The molecule has 2 heterocycles. The molecular formula is C18H16N4O4. The first-order valence-electron chi connectivity index (χ1n) is 8.15. The van der Waals surface area contributed by atoms with Crippen LogP contribution in [-0.4, -0.2) is 30.2 Å². The minimum atomic E-state index is -0.439. The van der Waals surface area contributed by atoms with Crippen LogP contribution >= 0.6 is 0 Å². The third-order valence-corrected chi connectivity index (χ3v) is 4.67. The highest BCUT2D eigenvalue weighted by atomic mass is 16.6. The summed E-state index contributed by atoms with van der Waals surface area (Å²) >= 11 is 0. The maximum atomic E-state index is 12.6. The van der Waals surface area contributed by atoms with Gasteiger partial charge in [-0.3, -0.25) is 14.9 Å². The smallest absolute Gasteiger partial charge is 0.269 e. The van der Waals surface area contributed by atoms with Crippen LogP contribution in [0.25, 0.3) is 0 Å². The molecule has 26 heavy (non-hydrogen) atoms. The molecule has 2 aromatic rings. The first-order chi connectivity index (χ1) is 12.6. The third-order valence-electron chi connectivity index (χ3n) is 4.67. The van der Waals surface area contributed by atoms with Crippen molar-refractivity contribution >= 4 is 23.0 Å². The molecular weight excluding hydrogens is 336 g/mol. The van der Waals surface area contributed by atoms with Crippen LogP contribution in [0.5, 0.6) is 0 Å². The van der Waals surface area contributed by atoms with Crippen molar-refractivity contribution in [3.8, 4) is 0 Å². The molecule has 0 saturated carbocycles. The van der Waals surface area contributed by atoms with E-state index in [2.05, 4.69) is 15.4 Å². The Labute approximate surface area is 149 Å². The second kappa shape index (κ2) is 6.14. The van der Waals surface area contributed by atoms with E-state index in [9.17, 15) is 14.9 Å². The van der Waals surface area contributed by atoms with Gasteiger partial charge >= 0.3 is 0 Å². The van der Waals surface area contributed by atoms with E-state index in [0.29, 0.717) is 18.5 Å². The monoisotopic (exact) mass is 352 g/mol. The van der Waals surface area contributed by atoms with Gasteiger partial charge in [-0.25, -0.2) is 0 Å². The van der Waals surface area contributed by atoms with E-state index in [1.165, 1.54) is 19.2 Å². The topological polar surface area (TPSA) is 97.1 Å². The zero-order chi connectivity index (χ0) is 18.3. The van der Waals surface area contributed by atoms with Crippen molar-refractivity contribution in [2.75, 3.05) is 18.6 Å². The van der Waals surface area contributed by atoms with Crippen LogP contribution in [0.1, 0.15) is 34.1 Å². The standard InChI is InChI=1S/C18H16N4O4/c1-26-20-15-9-10-21-16-13(15)3-2-4-14(16)18(23)19-17(21)11-5-7-12(8-6-11)22(24)25/h2-8,17H,9-10H2,1H3,(H,19,23)/b20-15+. The molecule has 2 aliphatic rings. The quantitative estimate of drug-likeness (QED) is 0.676. The number of rotatable bonds is 3. The summed E-state index contributed by atoms with van der Waals surface area (Å²) in [6.07, 6.45) is 0.282. The zero-order valence-corrected chi connectivity index (χ0v) is 14.0. The maximum Gasteiger partial charge on any atom is 0.269 e. The number of non-ortho nitro benzene ring substituents is 1. The van der Waals surface area contributed by atoms with Gasteiger partial charge in [0.15, 0.2) is 0 Å². The summed E-state index contributed by atoms with van der Waals surface area (Å²) in [5.41, 5.74) is 3.89. The highest BCUT2D eigenvalue weighted by Crippen LogP contribution is 2.39. The fourth-order valence-electron chi connectivity index (χ4n) is 3.53. The van der Waals surface area contributed by atoms with Crippen LogP contribution in [0.2, 0.25) is 0 Å². The van der Waals surface area contributed by atoms with Gasteiger partial charge in [0.2, 0.25) is 0 Å². The molecule has 1 amide bonds. The molecule has 8 nitrogen and oxygen atoms in total. The molecule has 0 bridgehead atoms. The van der Waals surface area contributed by atoms with Gasteiger partial charge in [0.25, 0.3) is 11.6 Å². The van der Waals surface area contributed by atoms with E-state index in [4.69, 9.17) is 4.84 Å². The van der Waals surface area contributed by atoms with Crippen LogP contribution in [-0.2, 0) is 4.84 Å². The van der Waals surface area contributed by atoms with Crippen LogP contribution in [0.3, 0.4) is 0 Å². The van der Waals surface area contributed by atoms with E-state index >= 15 is 0 Å². The molecule has 0 radical (unpaired) electrons. The first kappa shape index (κ1) is 16.1. The minimum Gasteiger partial charge on any atom is -0.399 e. The number of nitro groups is 1. The lowest BCUT2D eigenvalue weighted by Gasteiger charge is -2.42. The molecule has 132 valence electrons. The normalized spacial score (nSPS) is 19.7. The number of anilines is 1. The van der Waals surface area contributed by atoms with Gasteiger partial charge in [0.1, 0.15) is 13.3 Å². The van der Waals surface area contributed by atoms with E-state index in [1.807, 2.05) is 12.1 Å². The summed E-state index contributed by atoms with van der Waals surface area (Å²) in [7, 11) is 1.50. The molecule has 0 fully saturated rings. The summed E-state index contributed by atoms with van der Waals surface area (Å²) in [6.45, 7) is 0.647. The Bertz CT molecular complexity index is 923. The third kappa shape index (κ3) is 2.46. The van der Waals surface area contributed by atoms with Gasteiger partial charge in [-0.2, -0.15) is 0 Å². The molecule has 0 aromatic heterocycles. The van der Waals surface area contributed by atoms with Gasteiger partial charge < -0.3 is 15.1 Å². The Hall–Kier alpha value is -3.42. The highest BCUT2D eigenvalue weighted by Gasteiger charge is 2.37. The van der Waals surface area contributed by atoms with Crippen molar-refractivity contribution in [2.24, 2.45) is 5.16 Å². The van der Waals surface area contributed by atoms with Crippen molar-refractivity contribution < 1.29 is 14.6 Å². The van der Waals surface area contributed by atoms with Crippen molar-refractivity contribution in [3.05, 3.63) is 69.3 Å². The predicted octanol–water partition coefficient (Wildman–Crippen LogP) is 2.60. The molecule has 1 unspecified atom stereocenters. The summed E-state index contributed by atoms with van der Waals surface area (Å²) in [5, 5.41) is 18.0. The van der Waals surface area contributed by atoms with Crippen molar-refractivity contribution in [1.29, 1.82) is 0 Å². The van der Waals surface area contributed by atoms with E-state index < -0.39 is 4.92 Å². The number of para-hydroxylation sites is 1. The number of hydrogen-bond donors (Lipinski definition) is 1. The number of benzene rings is 2. The fourth-order valence-corrected chi connectivity index (χ4v) is 3.53. The lowest BCUT2D eigenvalue weighted by atomic mass is 9.92. The van der Waals surface area contributed by atoms with Crippen LogP contribution in [0, 0.1) is 10.1 Å². The van der Waals surface area contributed by atoms with E-state index in [0.717, 1.165) is 22.5 Å². The van der Waals surface area contributed by atoms with Crippen LogP contribution in [0.4, 0.5) is 11.4 Å². The Morgan fingerprint density at radius 3 is 2.65 bits per heavy atom. The second-order valence-corrected chi connectivity index (χ2v) is 6.09. The van der Waals surface area contributed by atoms with Crippen molar-refractivity contribution in [3.63, 3.8) is 0 Å². The van der Waals surface area contributed by atoms with Crippen molar-refractivity contribution in [1.82, 2.24) is 5.32 Å². The number of oxime groups is 1. The number of nitrogens with one attached hydrogen (secondary N) is 1. The Kier molecular flexibility index (Phi) is 3.80. The number of nitrogens with zero attached hydrogens (tertiary/aromatic N) is 3. The number of amides is 1. The van der Waals surface area contributed by atoms with Crippen LogP contribution < -0.4 is 10.2 Å². The van der Waals surface area contributed by atoms with Crippen molar-refractivity contribution in [2.45, 2.75) is 12.6 Å².